The van der Waals surface area contributed by atoms with Crippen LogP contribution in [0, 0.1) is 12.3 Å². The molecule has 1 atom stereocenters. The van der Waals surface area contributed by atoms with Crippen LogP contribution in [-0.4, -0.2) is 10.1 Å². The lowest BCUT2D eigenvalue weighted by molar-refractivity contribution is -0.104. The zero-order valence-electron chi connectivity index (χ0n) is 10.5. The third-order valence-electron chi connectivity index (χ3n) is 4.10. The van der Waals surface area contributed by atoms with E-state index in [1.54, 1.807) is 0 Å². The second-order valence-electron chi connectivity index (χ2n) is 5.64. The molecule has 0 aromatic carbocycles. The van der Waals surface area contributed by atoms with Gasteiger partial charge in [0.1, 0.15) is 0 Å². The van der Waals surface area contributed by atoms with E-state index in [0.29, 0.717) is 0 Å². The predicted octanol–water partition coefficient (Wildman–Crippen LogP) is 3.18. The van der Waals surface area contributed by atoms with Gasteiger partial charge in [0.05, 0.1) is 5.60 Å². The van der Waals surface area contributed by atoms with Gasteiger partial charge in [0.25, 0.3) is 0 Å². The van der Waals surface area contributed by atoms with Crippen molar-refractivity contribution in [2.24, 2.45) is 5.41 Å². The number of aryl methyl sites for hydroxylation is 1. The predicted molar refractivity (Wildman–Crippen MR) is 65.1 cm³/mol. The maximum atomic E-state index is 10.9. The Morgan fingerprint density at radius 2 is 1.88 bits per heavy atom. The normalized spacial score (nSPS) is 29.0. The Bertz CT molecular complexity index is 369. The number of aromatic nitrogens is 1. The first-order valence-corrected chi connectivity index (χ1v) is 6.11. The van der Waals surface area contributed by atoms with Crippen molar-refractivity contribution >= 4 is 0 Å². The number of hydrogen-bond acceptors (Lipinski definition) is 2. The van der Waals surface area contributed by atoms with E-state index in [0.717, 1.165) is 30.5 Å². The molecule has 1 aromatic heterocycles. The molecular formula is C14H21NO. The Kier molecular flexibility index (Phi) is 2.79. The monoisotopic (exact) mass is 219 g/mol. The van der Waals surface area contributed by atoms with Crippen LogP contribution in [0.5, 0.6) is 0 Å². The fourth-order valence-electron chi connectivity index (χ4n) is 2.74. The minimum absolute atomic E-state index is 0.0534. The Labute approximate surface area is 97.7 Å². The highest BCUT2D eigenvalue weighted by Gasteiger charge is 2.46. The molecule has 1 heterocycles. The Morgan fingerprint density at radius 3 is 2.44 bits per heavy atom. The minimum Gasteiger partial charge on any atom is -0.385 e. The summed E-state index contributed by atoms with van der Waals surface area (Å²) < 4.78 is 0. The number of nitrogens with zero attached hydrogens (tertiary/aromatic N) is 1. The second kappa shape index (κ2) is 3.85. The van der Waals surface area contributed by atoms with Crippen LogP contribution in [0.2, 0.25) is 0 Å². The standard InChI is InChI=1S/C14H21NO/c1-11-6-7-12(10-15-11)14(16)9-5-4-8-13(14,2)3/h6-7,10,16H,4-5,8-9H2,1-3H3. The van der Waals surface area contributed by atoms with Crippen molar-refractivity contribution in [3.8, 4) is 0 Å². The maximum absolute atomic E-state index is 10.9. The minimum atomic E-state index is -0.702. The molecule has 1 N–H and O–H groups in total. The number of hydrogen-bond donors (Lipinski definition) is 1. The lowest BCUT2D eigenvalue weighted by atomic mass is 9.63. The fraction of sp³-hybridized carbons (Fsp3) is 0.643. The summed E-state index contributed by atoms with van der Waals surface area (Å²) in [6, 6.07) is 4.01. The van der Waals surface area contributed by atoms with Crippen LogP contribution in [0.25, 0.3) is 0 Å². The van der Waals surface area contributed by atoms with Gasteiger partial charge in [-0.3, -0.25) is 4.98 Å². The van der Waals surface area contributed by atoms with Gasteiger partial charge in [-0.05, 0) is 31.2 Å². The summed E-state index contributed by atoms with van der Waals surface area (Å²) in [6.45, 7) is 6.29. The van der Waals surface area contributed by atoms with Crippen molar-refractivity contribution in [2.75, 3.05) is 0 Å². The molecule has 0 aliphatic heterocycles. The summed E-state index contributed by atoms with van der Waals surface area (Å²) in [5.74, 6) is 0. The van der Waals surface area contributed by atoms with Crippen LogP contribution in [0.4, 0.5) is 0 Å². The van der Waals surface area contributed by atoms with Crippen LogP contribution < -0.4 is 0 Å². The van der Waals surface area contributed by atoms with Crippen molar-refractivity contribution in [1.29, 1.82) is 0 Å². The van der Waals surface area contributed by atoms with Crippen LogP contribution in [0.15, 0.2) is 18.3 Å². The fourth-order valence-corrected chi connectivity index (χ4v) is 2.74. The van der Waals surface area contributed by atoms with E-state index >= 15 is 0 Å². The van der Waals surface area contributed by atoms with E-state index < -0.39 is 5.60 Å². The lowest BCUT2D eigenvalue weighted by Gasteiger charge is -2.46. The highest BCUT2D eigenvalue weighted by atomic mass is 16.3. The van der Waals surface area contributed by atoms with Crippen LogP contribution in [0.1, 0.15) is 50.8 Å². The molecule has 1 aromatic rings. The highest BCUT2D eigenvalue weighted by Crippen LogP contribution is 2.49. The summed E-state index contributed by atoms with van der Waals surface area (Å²) in [7, 11) is 0. The number of rotatable bonds is 1. The maximum Gasteiger partial charge on any atom is 0.0961 e. The first kappa shape index (κ1) is 11.6. The Balaban J connectivity index is 2.39. The SMILES string of the molecule is Cc1ccc(C2(O)CCCCC2(C)C)cn1. The topological polar surface area (TPSA) is 33.1 Å². The second-order valence-corrected chi connectivity index (χ2v) is 5.64. The largest absolute Gasteiger partial charge is 0.385 e. The van der Waals surface area contributed by atoms with Gasteiger partial charge in [-0.15, -0.1) is 0 Å². The molecule has 0 bridgehead atoms. The van der Waals surface area contributed by atoms with Crippen LogP contribution >= 0.6 is 0 Å². The van der Waals surface area contributed by atoms with Gasteiger partial charge in [-0.1, -0.05) is 32.8 Å². The van der Waals surface area contributed by atoms with E-state index in [1.807, 2.05) is 25.3 Å². The van der Waals surface area contributed by atoms with Gasteiger partial charge in [-0.25, -0.2) is 0 Å². The molecular weight excluding hydrogens is 198 g/mol. The molecule has 1 aliphatic rings. The molecule has 1 aliphatic carbocycles. The van der Waals surface area contributed by atoms with E-state index in [-0.39, 0.29) is 5.41 Å². The van der Waals surface area contributed by atoms with E-state index in [2.05, 4.69) is 18.8 Å². The molecule has 1 unspecified atom stereocenters. The van der Waals surface area contributed by atoms with Gasteiger partial charge in [0.2, 0.25) is 0 Å². The van der Waals surface area contributed by atoms with Crippen LogP contribution in [0.3, 0.4) is 0 Å². The molecule has 88 valence electrons. The Morgan fingerprint density at radius 1 is 1.19 bits per heavy atom. The lowest BCUT2D eigenvalue weighted by Crippen LogP contribution is -2.44. The van der Waals surface area contributed by atoms with Gasteiger partial charge in [0.15, 0.2) is 0 Å². The third-order valence-corrected chi connectivity index (χ3v) is 4.10. The first-order valence-electron chi connectivity index (χ1n) is 6.11. The summed E-state index contributed by atoms with van der Waals surface area (Å²) in [5.41, 5.74) is 1.22. The molecule has 0 amide bonds. The average Bonchev–Trinajstić information content (AvgIpc) is 2.23. The van der Waals surface area contributed by atoms with E-state index in [9.17, 15) is 5.11 Å². The average molecular weight is 219 g/mol. The molecule has 2 nitrogen and oxygen atoms in total. The molecule has 2 rings (SSSR count). The molecule has 16 heavy (non-hydrogen) atoms. The zero-order valence-corrected chi connectivity index (χ0v) is 10.5. The van der Waals surface area contributed by atoms with Crippen molar-refractivity contribution < 1.29 is 5.11 Å². The highest BCUT2D eigenvalue weighted by molar-refractivity contribution is 5.24. The van der Waals surface area contributed by atoms with Crippen molar-refractivity contribution in [1.82, 2.24) is 4.98 Å². The third kappa shape index (κ3) is 1.75. The summed E-state index contributed by atoms with van der Waals surface area (Å²) >= 11 is 0. The molecule has 1 saturated carbocycles. The summed E-state index contributed by atoms with van der Waals surface area (Å²) in [4.78, 5) is 4.31. The molecule has 1 fully saturated rings. The number of aliphatic hydroxyl groups is 1. The van der Waals surface area contributed by atoms with Gasteiger partial charge in [0, 0.05) is 17.5 Å². The number of pyridine rings is 1. The zero-order chi connectivity index (χ0) is 11.8. The van der Waals surface area contributed by atoms with Gasteiger partial charge < -0.3 is 5.11 Å². The molecule has 0 spiro atoms. The summed E-state index contributed by atoms with van der Waals surface area (Å²) in [5, 5.41) is 10.9. The van der Waals surface area contributed by atoms with Gasteiger partial charge >= 0.3 is 0 Å². The van der Waals surface area contributed by atoms with E-state index in [4.69, 9.17) is 0 Å². The van der Waals surface area contributed by atoms with E-state index in [1.165, 1.54) is 6.42 Å². The molecule has 0 radical (unpaired) electrons. The quantitative estimate of drug-likeness (QED) is 0.787. The van der Waals surface area contributed by atoms with Crippen molar-refractivity contribution in [3.05, 3.63) is 29.6 Å². The summed E-state index contributed by atoms with van der Waals surface area (Å²) in [6.07, 6.45) is 6.09. The Hall–Kier alpha value is -0.890. The van der Waals surface area contributed by atoms with Gasteiger partial charge in [-0.2, -0.15) is 0 Å². The first-order chi connectivity index (χ1) is 7.46. The smallest absolute Gasteiger partial charge is 0.0961 e. The molecule has 0 saturated heterocycles. The molecule has 2 heteroatoms. The van der Waals surface area contributed by atoms with Crippen molar-refractivity contribution in [2.45, 2.75) is 52.1 Å². The van der Waals surface area contributed by atoms with Crippen molar-refractivity contribution in [3.63, 3.8) is 0 Å². The van der Waals surface area contributed by atoms with Crippen LogP contribution in [-0.2, 0) is 5.60 Å².